The molecule has 2 aromatic rings. The number of hydrogen-bond acceptors (Lipinski definition) is 2. The van der Waals surface area contributed by atoms with Gasteiger partial charge in [-0.05, 0) is 13.8 Å². The molecule has 0 saturated carbocycles. The standard InChI is InChI=1S/C15H19F2N3/c1-11-14(12(2)20(3)19-11)9-18-10-15(16,17)13-7-5-4-6-8-13/h4-8,18H,9-10H2,1-3H3. The third-order valence-electron chi connectivity index (χ3n) is 3.50. The molecule has 20 heavy (non-hydrogen) atoms. The van der Waals surface area contributed by atoms with Crippen LogP contribution in [0.15, 0.2) is 30.3 Å². The molecule has 108 valence electrons. The lowest BCUT2D eigenvalue weighted by Crippen LogP contribution is -2.30. The Morgan fingerprint density at radius 1 is 1.20 bits per heavy atom. The fourth-order valence-electron chi connectivity index (χ4n) is 2.20. The molecule has 0 aliphatic heterocycles. The van der Waals surface area contributed by atoms with Crippen LogP contribution in [0.4, 0.5) is 8.78 Å². The van der Waals surface area contributed by atoms with E-state index in [9.17, 15) is 8.78 Å². The summed E-state index contributed by atoms with van der Waals surface area (Å²) in [5.41, 5.74) is 2.89. The zero-order chi connectivity index (χ0) is 14.8. The van der Waals surface area contributed by atoms with Crippen molar-refractivity contribution in [1.29, 1.82) is 0 Å². The van der Waals surface area contributed by atoms with Gasteiger partial charge in [-0.1, -0.05) is 30.3 Å². The van der Waals surface area contributed by atoms with Gasteiger partial charge in [0.05, 0.1) is 12.2 Å². The summed E-state index contributed by atoms with van der Waals surface area (Å²) in [7, 11) is 1.85. The second kappa shape index (κ2) is 5.71. The summed E-state index contributed by atoms with van der Waals surface area (Å²) in [6, 6.07) is 7.87. The smallest absolute Gasteiger partial charge is 0.285 e. The zero-order valence-corrected chi connectivity index (χ0v) is 12.0. The molecule has 3 nitrogen and oxygen atoms in total. The van der Waals surface area contributed by atoms with E-state index >= 15 is 0 Å². The summed E-state index contributed by atoms with van der Waals surface area (Å²) in [6.45, 7) is 3.84. The lowest BCUT2D eigenvalue weighted by Gasteiger charge is -2.17. The first-order valence-electron chi connectivity index (χ1n) is 6.55. The van der Waals surface area contributed by atoms with Gasteiger partial charge >= 0.3 is 0 Å². The Balaban J connectivity index is 1.99. The van der Waals surface area contributed by atoms with Crippen LogP contribution in [-0.2, 0) is 19.5 Å². The molecule has 0 amide bonds. The number of aryl methyl sites for hydroxylation is 2. The summed E-state index contributed by atoms with van der Waals surface area (Å²) >= 11 is 0. The molecule has 0 atom stereocenters. The van der Waals surface area contributed by atoms with Gasteiger partial charge in [-0.3, -0.25) is 4.68 Å². The van der Waals surface area contributed by atoms with E-state index in [1.165, 1.54) is 12.1 Å². The number of hydrogen-bond donors (Lipinski definition) is 1. The lowest BCUT2D eigenvalue weighted by molar-refractivity contribution is -0.00346. The van der Waals surface area contributed by atoms with Gasteiger partial charge < -0.3 is 5.32 Å². The second-order valence-corrected chi connectivity index (χ2v) is 4.95. The van der Waals surface area contributed by atoms with Crippen LogP contribution in [0.2, 0.25) is 0 Å². The molecule has 1 heterocycles. The lowest BCUT2D eigenvalue weighted by atomic mass is 10.1. The molecule has 0 spiro atoms. The predicted octanol–water partition coefficient (Wildman–Crippen LogP) is 2.92. The highest BCUT2D eigenvalue weighted by molar-refractivity contribution is 5.24. The van der Waals surface area contributed by atoms with Crippen molar-refractivity contribution >= 4 is 0 Å². The fourth-order valence-corrected chi connectivity index (χ4v) is 2.20. The molecule has 1 aromatic heterocycles. The Kier molecular flexibility index (Phi) is 4.18. The predicted molar refractivity (Wildman–Crippen MR) is 74.7 cm³/mol. The van der Waals surface area contributed by atoms with Gasteiger partial charge in [-0.15, -0.1) is 0 Å². The number of aromatic nitrogens is 2. The number of alkyl halides is 2. The van der Waals surface area contributed by atoms with Gasteiger partial charge in [-0.2, -0.15) is 13.9 Å². The zero-order valence-electron chi connectivity index (χ0n) is 12.0. The number of benzene rings is 1. The summed E-state index contributed by atoms with van der Waals surface area (Å²) in [5.74, 6) is -2.87. The van der Waals surface area contributed by atoms with E-state index in [4.69, 9.17) is 0 Å². The molecule has 1 N–H and O–H groups in total. The van der Waals surface area contributed by atoms with Gasteiger partial charge in [0.25, 0.3) is 5.92 Å². The average molecular weight is 279 g/mol. The van der Waals surface area contributed by atoms with Crippen molar-refractivity contribution in [2.75, 3.05) is 6.54 Å². The molecule has 2 rings (SSSR count). The maximum absolute atomic E-state index is 14.0. The maximum atomic E-state index is 14.0. The van der Waals surface area contributed by atoms with Crippen LogP contribution >= 0.6 is 0 Å². The van der Waals surface area contributed by atoms with E-state index in [0.29, 0.717) is 6.54 Å². The molecular formula is C15H19F2N3. The largest absolute Gasteiger partial charge is 0.307 e. The molecular weight excluding hydrogens is 260 g/mol. The second-order valence-electron chi connectivity index (χ2n) is 4.95. The summed E-state index contributed by atoms with van der Waals surface area (Å²) in [5, 5.41) is 7.11. The van der Waals surface area contributed by atoms with Crippen LogP contribution in [0.3, 0.4) is 0 Å². The van der Waals surface area contributed by atoms with Gasteiger partial charge in [0, 0.05) is 30.4 Å². The van der Waals surface area contributed by atoms with E-state index in [0.717, 1.165) is 17.0 Å². The number of halogens is 2. The van der Waals surface area contributed by atoms with Crippen molar-refractivity contribution < 1.29 is 8.78 Å². The van der Waals surface area contributed by atoms with E-state index in [2.05, 4.69) is 10.4 Å². The monoisotopic (exact) mass is 279 g/mol. The molecule has 0 radical (unpaired) electrons. The normalized spacial score (nSPS) is 11.8. The van der Waals surface area contributed by atoms with E-state index < -0.39 is 5.92 Å². The fraction of sp³-hybridized carbons (Fsp3) is 0.400. The number of nitrogens with one attached hydrogen (secondary N) is 1. The third kappa shape index (κ3) is 3.04. The highest BCUT2D eigenvalue weighted by Gasteiger charge is 2.30. The minimum Gasteiger partial charge on any atom is -0.307 e. The minimum absolute atomic E-state index is 0.0344. The molecule has 0 bridgehead atoms. The Bertz CT molecular complexity index is 576. The van der Waals surface area contributed by atoms with Crippen molar-refractivity contribution in [2.45, 2.75) is 26.3 Å². The molecule has 5 heteroatoms. The van der Waals surface area contributed by atoms with Gasteiger partial charge in [0.15, 0.2) is 0 Å². The van der Waals surface area contributed by atoms with Crippen LogP contribution in [-0.4, -0.2) is 16.3 Å². The van der Waals surface area contributed by atoms with Crippen molar-refractivity contribution in [3.8, 4) is 0 Å². The molecule has 0 saturated heterocycles. The van der Waals surface area contributed by atoms with Crippen LogP contribution in [0.1, 0.15) is 22.5 Å². The first kappa shape index (κ1) is 14.7. The molecule has 0 aliphatic carbocycles. The highest BCUT2D eigenvalue weighted by atomic mass is 19.3. The summed E-state index contributed by atoms with van der Waals surface area (Å²) < 4.78 is 29.7. The summed E-state index contributed by atoms with van der Waals surface area (Å²) in [6.07, 6.45) is 0. The quantitative estimate of drug-likeness (QED) is 0.912. The third-order valence-corrected chi connectivity index (χ3v) is 3.50. The van der Waals surface area contributed by atoms with Crippen molar-refractivity contribution in [2.24, 2.45) is 7.05 Å². The first-order valence-corrected chi connectivity index (χ1v) is 6.55. The van der Waals surface area contributed by atoms with E-state index in [-0.39, 0.29) is 12.1 Å². The Morgan fingerprint density at radius 3 is 2.40 bits per heavy atom. The van der Waals surface area contributed by atoms with Crippen LogP contribution < -0.4 is 5.32 Å². The molecule has 0 aliphatic rings. The van der Waals surface area contributed by atoms with E-state index in [1.54, 1.807) is 22.9 Å². The number of nitrogens with zero attached hydrogens (tertiary/aromatic N) is 2. The Labute approximate surface area is 117 Å². The number of rotatable bonds is 5. The van der Waals surface area contributed by atoms with Gasteiger partial charge in [0.1, 0.15) is 0 Å². The average Bonchev–Trinajstić information content (AvgIpc) is 2.66. The first-order chi connectivity index (χ1) is 9.42. The SMILES string of the molecule is Cc1nn(C)c(C)c1CNCC(F)(F)c1ccccc1. The van der Waals surface area contributed by atoms with Crippen molar-refractivity contribution in [3.05, 3.63) is 52.8 Å². The Hall–Kier alpha value is -1.75. The Morgan fingerprint density at radius 2 is 1.85 bits per heavy atom. The topological polar surface area (TPSA) is 29.9 Å². The van der Waals surface area contributed by atoms with Gasteiger partial charge in [0.2, 0.25) is 0 Å². The highest BCUT2D eigenvalue weighted by Crippen LogP contribution is 2.26. The molecule has 1 aromatic carbocycles. The van der Waals surface area contributed by atoms with Crippen LogP contribution in [0.5, 0.6) is 0 Å². The summed E-state index contributed by atoms with van der Waals surface area (Å²) in [4.78, 5) is 0. The van der Waals surface area contributed by atoms with Crippen molar-refractivity contribution in [3.63, 3.8) is 0 Å². The minimum atomic E-state index is -2.87. The van der Waals surface area contributed by atoms with Gasteiger partial charge in [-0.25, -0.2) is 0 Å². The van der Waals surface area contributed by atoms with Crippen LogP contribution in [0, 0.1) is 13.8 Å². The molecule has 0 fully saturated rings. The van der Waals surface area contributed by atoms with Crippen molar-refractivity contribution in [1.82, 2.24) is 15.1 Å². The van der Waals surface area contributed by atoms with Crippen LogP contribution in [0.25, 0.3) is 0 Å². The molecule has 0 unspecified atom stereocenters. The maximum Gasteiger partial charge on any atom is 0.285 e. The van der Waals surface area contributed by atoms with E-state index in [1.807, 2.05) is 20.9 Å².